The van der Waals surface area contributed by atoms with Crippen molar-refractivity contribution in [2.45, 2.75) is 50.9 Å². The van der Waals surface area contributed by atoms with Gasteiger partial charge in [0.1, 0.15) is 5.82 Å². The fourth-order valence-electron chi connectivity index (χ4n) is 5.10. The Morgan fingerprint density at radius 3 is 2.41 bits per heavy atom. The zero-order valence-electron chi connectivity index (χ0n) is 21.6. The molecule has 8 nitrogen and oxygen atoms in total. The van der Waals surface area contributed by atoms with E-state index in [4.69, 9.17) is 5.26 Å². The Hall–Kier alpha value is -3.99. The van der Waals surface area contributed by atoms with Crippen molar-refractivity contribution in [3.8, 4) is 17.5 Å². The quantitative estimate of drug-likeness (QED) is 0.551. The van der Waals surface area contributed by atoms with Crippen molar-refractivity contribution < 1.29 is 9.59 Å². The minimum absolute atomic E-state index is 0.0397. The number of hydrogen-bond acceptors (Lipinski definition) is 5. The van der Waals surface area contributed by atoms with E-state index in [9.17, 15) is 9.59 Å². The lowest BCUT2D eigenvalue weighted by molar-refractivity contribution is -0.128. The third-order valence-electron chi connectivity index (χ3n) is 7.53. The number of nitrogens with one attached hydrogen (secondary N) is 1. The largest absolute Gasteiger partial charge is 0.348 e. The van der Waals surface area contributed by atoms with Crippen LogP contribution in [0.2, 0.25) is 0 Å². The molecule has 3 aromatic rings. The summed E-state index contributed by atoms with van der Waals surface area (Å²) in [5.74, 6) is 1.91. The molecule has 1 aliphatic carbocycles. The minimum Gasteiger partial charge on any atom is -0.348 e. The number of aryl methyl sites for hydroxylation is 1. The molecule has 1 aliphatic heterocycles. The van der Waals surface area contributed by atoms with E-state index in [1.807, 2.05) is 42.2 Å². The standard InChI is InChI=1S/C29H32N6O2/c1-18-14-24(22-8-9-22)25(28-31-26(32-33-28)16-27(36)34(2)3)15-23(18)29(37)35-12-10-21(11-13-35)20-6-4-19(17-30)5-7-20/h4-7,14-15,21-22H,8-13,16H2,1-3H3,(H,31,32,33). The van der Waals surface area contributed by atoms with Crippen molar-refractivity contribution in [3.63, 3.8) is 0 Å². The number of carbonyl (C=O) groups excluding carboxylic acids is 2. The first-order valence-electron chi connectivity index (χ1n) is 12.9. The molecule has 0 radical (unpaired) electrons. The number of nitrogens with zero attached hydrogens (tertiary/aromatic N) is 5. The Morgan fingerprint density at radius 1 is 1.08 bits per heavy atom. The zero-order chi connectivity index (χ0) is 26.1. The molecule has 2 fully saturated rings. The van der Waals surface area contributed by atoms with Crippen molar-refractivity contribution in [2.24, 2.45) is 0 Å². The number of likely N-dealkylation sites (N-methyl/N-ethyl adjacent to an activating group) is 1. The van der Waals surface area contributed by atoms with Crippen LogP contribution in [0, 0.1) is 18.3 Å². The third-order valence-corrected chi connectivity index (χ3v) is 7.53. The van der Waals surface area contributed by atoms with Gasteiger partial charge in [-0.15, -0.1) is 0 Å². The molecule has 0 atom stereocenters. The number of piperidine rings is 1. The Bertz CT molecular complexity index is 1360. The molecule has 2 aromatic carbocycles. The summed E-state index contributed by atoms with van der Waals surface area (Å²) >= 11 is 0. The zero-order valence-corrected chi connectivity index (χ0v) is 21.6. The van der Waals surface area contributed by atoms with Gasteiger partial charge in [0.15, 0.2) is 5.82 Å². The summed E-state index contributed by atoms with van der Waals surface area (Å²) < 4.78 is 0. The van der Waals surface area contributed by atoms with Crippen molar-refractivity contribution in [1.29, 1.82) is 5.26 Å². The van der Waals surface area contributed by atoms with Gasteiger partial charge >= 0.3 is 0 Å². The van der Waals surface area contributed by atoms with Crippen LogP contribution < -0.4 is 0 Å². The first kappa shape index (κ1) is 24.7. The molecule has 2 amide bonds. The van der Waals surface area contributed by atoms with Gasteiger partial charge in [0.25, 0.3) is 5.91 Å². The third kappa shape index (κ3) is 5.26. The summed E-state index contributed by atoms with van der Waals surface area (Å²) in [4.78, 5) is 33.9. The molecule has 37 heavy (non-hydrogen) atoms. The van der Waals surface area contributed by atoms with Crippen LogP contribution in [0.25, 0.3) is 11.4 Å². The van der Waals surface area contributed by atoms with E-state index >= 15 is 0 Å². The van der Waals surface area contributed by atoms with Gasteiger partial charge in [-0.3, -0.25) is 14.7 Å². The number of amides is 2. The lowest BCUT2D eigenvalue weighted by atomic mass is 9.88. The number of aromatic amines is 1. The van der Waals surface area contributed by atoms with Gasteiger partial charge in [-0.1, -0.05) is 18.2 Å². The molecule has 1 saturated carbocycles. The first-order valence-corrected chi connectivity index (χ1v) is 12.9. The minimum atomic E-state index is -0.0469. The van der Waals surface area contributed by atoms with E-state index in [2.05, 4.69) is 27.3 Å². The van der Waals surface area contributed by atoms with E-state index in [0.29, 0.717) is 47.7 Å². The Balaban J connectivity index is 1.35. The Labute approximate surface area is 217 Å². The number of benzene rings is 2. The molecule has 1 aromatic heterocycles. The van der Waals surface area contributed by atoms with Gasteiger partial charge in [-0.05, 0) is 79.3 Å². The van der Waals surface area contributed by atoms with Crippen LogP contribution in [0.1, 0.15) is 76.0 Å². The molecular weight excluding hydrogens is 464 g/mol. The Kier molecular flexibility index (Phi) is 6.79. The summed E-state index contributed by atoms with van der Waals surface area (Å²) in [7, 11) is 3.44. The van der Waals surface area contributed by atoms with Crippen molar-refractivity contribution in [2.75, 3.05) is 27.2 Å². The monoisotopic (exact) mass is 496 g/mol. The molecule has 2 aliphatic rings. The van der Waals surface area contributed by atoms with E-state index in [0.717, 1.165) is 36.8 Å². The lowest BCUT2D eigenvalue weighted by Gasteiger charge is -2.33. The maximum atomic E-state index is 13.6. The average molecular weight is 497 g/mol. The highest BCUT2D eigenvalue weighted by Crippen LogP contribution is 2.45. The van der Waals surface area contributed by atoms with Crippen LogP contribution in [0.3, 0.4) is 0 Å². The van der Waals surface area contributed by atoms with Gasteiger partial charge in [0.05, 0.1) is 18.1 Å². The van der Waals surface area contributed by atoms with E-state index in [-0.39, 0.29) is 18.2 Å². The molecule has 0 spiro atoms. The van der Waals surface area contributed by atoms with Gasteiger partial charge in [0.2, 0.25) is 5.91 Å². The average Bonchev–Trinajstić information content (AvgIpc) is 3.66. The molecule has 8 heteroatoms. The molecule has 5 rings (SSSR count). The number of aromatic nitrogens is 3. The molecule has 1 N–H and O–H groups in total. The van der Waals surface area contributed by atoms with Crippen molar-refractivity contribution in [1.82, 2.24) is 25.0 Å². The second-order valence-corrected chi connectivity index (χ2v) is 10.4. The van der Waals surface area contributed by atoms with E-state index in [1.165, 1.54) is 16.0 Å². The van der Waals surface area contributed by atoms with E-state index < -0.39 is 0 Å². The lowest BCUT2D eigenvalue weighted by Crippen LogP contribution is -2.38. The molecule has 0 bridgehead atoms. The number of likely N-dealkylation sites (tertiary alicyclic amines) is 1. The SMILES string of the molecule is Cc1cc(C2CC2)c(-c2n[nH]c(CC(=O)N(C)C)n2)cc1C(=O)N1CCC(c2ccc(C#N)cc2)CC1. The summed E-state index contributed by atoms with van der Waals surface area (Å²) in [5.41, 5.74) is 5.61. The second kappa shape index (κ2) is 10.2. The number of nitriles is 1. The highest BCUT2D eigenvalue weighted by atomic mass is 16.2. The maximum Gasteiger partial charge on any atom is 0.254 e. The van der Waals surface area contributed by atoms with Crippen LogP contribution >= 0.6 is 0 Å². The highest BCUT2D eigenvalue weighted by molar-refractivity contribution is 5.97. The highest BCUT2D eigenvalue weighted by Gasteiger charge is 2.31. The molecule has 190 valence electrons. The summed E-state index contributed by atoms with van der Waals surface area (Å²) in [6, 6.07) is 14.0. The molecule has 1 saturated heterocycles. The molecular formula is C29H32N6O2. The van der Waals surface area contributed by atoms with Crippen LogP contribution in [-0.2, 0) is 11.2 Å². The smallest absolute Gasteiger partial charge is 0.254 e. The van der Waals surface area contributed by atoms with Crippen LogP contribution in [0.5, 0.6) is 0 Å². The topological polar surface area (TPSA) is 106 Å². The maximum absolute atomic E-state index is 13.6. The van der Waals surface area contributed by atoms with Crippen LogP contribution in [-0.4, -0.2) is 64.0 Å². The summed E-state index contributed by atoms with van der Waals surface area (Å²) in [5, 5.41) is 16.4. The fourth-order valence-corrected chi connectivity index (χ4v) is 5.10. The van der Waals surface area contributed by atoms with Gasteiger partial charge in [-0.2, -0.15) is 10.4 Å². The normalized spacial score (nSPS) is 15.9. The Morgan fingerprint density at radius 2 is 1.78 bits per heavy atom. The first-order chi connectivity index (χ1) is 17.8. The predicted octanol–water partition coefficient (Wildman–Crippen LogP) is 4.18. The summed E-state index contributed by atoms with van der Waals surface area (Å²) in [6.07, 6.45) is 4.20. The number of H-pyrrole nitrogens is 1. The number of hydrogen-bond donors (Lipinski definition) is 1. The van der Waals surface area contributed by atoms with Crippen molar-refractivity contribution >= 4 is 11.8 Å². The molecule has 2 heterocycles. The second-order valence-electron chi connectivity index (χ2n) is 10.4. The fraction of sp³-hybridized carbons (Fsp3) is 0.414. The van der Waals surface area contributed by atoms with Gasteiger partial charge < -0.3 is 9.80 Å². The number of rotatable bonds is 6. The van der Waals surface area contributed by atoms with Crippen LogP contribution in [0.15, 0.2) is 36.4 Å². The van der Waals surface area contributed by atoms with Crippen LogP contribution in [0.4, 0.5) is 0 Å². The van der Waals surface area contributed by atoms with Gasteiger partial charge in [0, 0.05) is 38.3 Å². The summed E-state index contributed by atoms with van der Waals surface area (Å²) in [6.45, 7) is 3.39. The van der Waals surface area contributed by atoms with Crippen molar-refractivity contribution in [3.05, 3.63) is 70.0 Å². The van der Waals surface area contributed by atoms with E-state index in [1.54, 1.807) is 14.1 Å². The van der Waals surface area contributed by atoms with Gasteiger partial charge in [-0.25, -0.2) is 4.98 Å². The molecule has 0 unspecified atom stereocenters. The number of carbonyl (C=O) groups is 2. The predicted molar refractivity (Wildman–Crippen MR) is 140 cm³/mol.